The average Bonchev–Trinajstić information content (AvgIpc) is 2.84. The zero-order chi connectivity index (χ0) is 13.7. The van der Waals surface area contributed by atoms with Crippen LogP contribution in [0.3, 0.4) is 0 Å². The van der Waals surface area contributed by atoms with Crippen LogP contribution in [0.15, 0.2) is 12.4 Å². The summed E-state index contributed by atoms with van der Waals surface area (Å²) in [6.45, 7) is 9.72. The molecule has 0 bridgehead atoms. The number of likely N-dealkylation sites (tertiary alicyclic amines) is 1. The van der Waals surface area contributed by atoms with Gasteiger partial charge in [-0.05, 0) is 31.2 Å². The molecule has 1 aromatic rings. The number of ether oxygens (including phenoxy) is 1. The van der Waals surface area contributed by atoms with Gasteiger partial charge in [0.05, 0.1) is 13.2 Å². The van der Waals surface area contributed by atoms with Gasteiger partial charge in [0.15, 0.2) is 0 Å². The molecule has 1 atom stereocenters. The van der Waals surface area contributed by atoms with Crippen molar-refractivity contribution >= 4 is 0 Å². The number of aromatic nitrogens is 2. The highest BCUT2D eigenvalue weighted by molar-refractivity contribution is 4.94. The average molecular weight is 265 g/mol. The molecule has 1 aromatic heterocycles. The van der Waals surface area contributed by atoms with E-state index in [9.17, 15) is 0 Å². The van der Waals surface area contributed by atoms with Gasteiger partial charge in [-0.3, -0.25) is 4.90 Å². The molecule has 108 valence electrons. The van der Waals surface area contributed by atoms with E-state index in [1.54, 1.807) is 7.11 Å². The second-order valence-electron chi connectivity index (χ2n) is 6.01. The smallest absolute Gasteiger partial charge is 0.122 e. The summed E-state index contributed by atoms with van der Waals surface area (Å²) in [6, 6.07) is 0. The molecular weight excluding hydrogens is 238 g/mol. The number of methoxy groups -OCH3 is 1. The van der Waals surface area contributed by atoms with Crippen molar-refractivity contribution < 1.29 is 4.74 Å². The van der Waals surface area contributed by atoms with Crippen molar-refractivity contribution in [1.82, 2.24) is 14.5 Å². The second-order valence-corrected chi connectivity index (χ2v) is 6.01. The third-order valence-corrected chi connectivity index (χ3v) is 4.42. The number of hydrogen-bond donors (Lipinski definition) is 0. The van der Waals surface area contributed by atoms with Crippen LogP contribution in [0.1, 0.15) is 38.9 Å². The van der Waals surface area contributed by atoms with Crippen molar-refractivity contribution in [1.29, 1.82) is 0 Å². The lowest BCUT2D eigenvalue weighted by molar-refractivity contribution is 0.0900. The Bertz CT molecular complexity index is 390. The van der Waals surface area contributed by atoms with Crippen LogP contribution in [0.5, 0.6) is 0 Å². The first-order valence-electron chi connectivity index (χ1n) is 7.38. The molecule has 1 fully saturated rings. The lowest BCUT2D eigenvalue weighted by atomic mass is 9.80. The summed E-state index contributed by atoms with van der Waals surface area (Å²) >= 11 is 0. The van der Waals surface area contributed by atoms with Crippen LogP contribution < -0.4 is 0 Å². The zero-order valence-electron chi connectivity index (χ0n) is 12.6. The molecule has 1 aliphatic heterocycles. The quantitative estimate of drug-likeness (QED) is 0.792. The molecule has 1 saturated heterocycles. The summed E-state index contributed by atoms with van der Waals surface area (Å²) in [5, 5.41) is 0. The third-order valence-electron chi connectivity index (χ3n) is 4.42. The normalized spacial score (nSPS) is 24.8. The van der Waals surface area contributed by atoms with E-state index in [1.165, 1.54) is 32.4 Å². The predicted molar refractivity (Wildman–Crippen MR) is 77.0 cm³/mol. The third kappa shape index (κ3) is 3.80. The molecule has 4 nitrogen and oxygen atoms in total. The van der Waals surface area contributed by atoms with Crippen LogP contribution in [0.2, 0.25) is 0 Å². The Morgan fingerprint density at radius 1 is 1.47 bits per heavy atom. The Kier molecular flexibility index (Phi) is 4.99. The molecule has 4 heteroatoms. The van der Waals surface area contributed by atoms with Gasteiger partial charge in [0.2, 0.25) is 0 Å². The summed E-state index contributed by atoms with van der Waals surface area (Å²) < 4.78 is 7.36. The molecule has 0 saturated carbocycles. The molecule has 0 aromatic carbocycles. The molecule has 2 rings (SSSR count). The lowest BCUT2D eigenvalue weighted by Crippen LogP contribution is -2.41. The summed E-state index contributed by atoms with van der Waals surface area (Å²) in [5.74, 6) is 1.16. The van der Waals surface area contributed by atoms with E-state index in [0.717, 1.165) is 25.5 Å². The van der Waals surface area contributed by atoms with Crippen LogP contribution in [-0.4, -0.2) is 41.3 Å². The van der Waals surface area contributed by atoms with E-state index in [0.29, 0.717) is 5.41 Å². The lowest BCUT2D eigenvalue weighted by Gasteiger charge is -2.39. The topological polar surface area (TPSA) is 30.3 Å². The Labute approximate surface area is 116 Å². The van der Waals surface area contributed by atoms with Gasteiger partial charge in [0.25, 0.3) is 0 Å². The van der Waals surface area contributed by atoms with Crippen LogP contribution in [0.25, 0.3) is 0 Å². The molecule has 1 aliphatic rings. The maximum absolute atomic E-state index is 5.15. The summed E-state index contributed by atoms with van der Waals surface area (Å²) in [7, 11) is 1.74. The molecule has 0 spiro atoms. The van der Waals surface area contributed by atoms with E-state index < -0.39 is 0 Å². The number of nitrogens with zero attached hydrogens (tertiary/aromatic N) is 3. The molecule has 0 radical (unpaired) electrons. The van der Waals surface area contributed by atoms with Crippen molar-refractivity contribution in [3.63, 3.8) is 0 Å². The molecule has 0 unspecified atom stereocenters. The highest BCUT2D eigenvalue weighted by Crippen LogP contribution is 2.32. The molecule has 0 aliphatic carbocycles. The highest BCUT2D eigenvalue weighted by Gasteiger charge is 2.29. The minimum Gasteiger partial charge on any atom is -0.383 e. The first-order valence-corrected chi connectivity index (χ1v) is 7.38. The monoisotopic (exact) mass is 265 g/mol. The number of imidazole rings is 1. The molecule has 19 heavy (non-hydrogen) atoms. The summed E-state index contributed by atoms with van der Waals surface area (Å²) in [4.78, 5) is 7.06. The fraction of sp³-hybridized carbons (Fsp3) is 0.800. The zero-order valence-corrected chi connectivity index (χ0v) is 12.6. The van der Waals surface area contributed by atoms with Gasteiger partial charge in [0.1, 0.15) is 5.82 Å². The molecule has 0 amide bonds. The second kappa shape index (κ2) is 6.53. The highest BCUT2D eigenvalue weighted by atomic mass is 16.5. The number of hydrogen-bond acceptors (Lipinski definition) is 3. The van der Waals surface area contributed by atoms with E-state index in [2.05, 4.69) is 34.5 Å². The van der Waals surface area contributed by atoms with Gasteiger partial charge in [-0.15, -0.1) is 0 Å². The van der Waals surface area contributed by atoms with Gasteiger partial charge < -0.3 is 9.30 Å². The number of piperidine rings is 1. The van der Waals surface area contributed by atoms with Crippen molar-refractivity contribution in [3.8, 4) is 0 Å². The minimum absolute atomic E-state index is 0.488. The van der Waals surface area contributed by atoms with E-state index in [4.69, 9.17) is 4.74 Å². The predicted octanol–water partition coefficient (Wildman–Crippen LogP) is 2.54. The van der Waals surface area contributed by atoms with E-state index in [-0.39, 0.29) is 0 Å². The molecular formula is C15H27N3O. The first kappa shape index (κ1) is 14.5. The van der Waals surface area contributed by atoms with Crippen molar-refractivity contribution in [3.05, 3.63) is 18.2 Å². The van der Waals surface area contributed by atoms with Gasteiger partial charge >= 0.3 is 0 Å². The maximum atomic E-state index is 5.15. The minimum atomic E-state index is 0.488. The van der Waals surface area contributed by atoms with Crippen LogP contribution >= 0.6 is 0 Å². The number of rotatable bonds is 6. The Morgan fingerprint density at radius 3 is 3.05 bits per heavy atom. The van der Waals surface area contributed by atoms with Crippen LogP contribution in [0, 0.1) is 5.41 Å². The van der Waals surface area contributed by atoms with Crippen LogP contribution in [-0.2, 0) is 17.8 Å². The van der Waals surface area contributed by atoms with E-state index >= 15 is 0 Å². The Hall–Kier alpha value is -0.870. The van der Waals surface area contributed by atoms with E-state index in [1.807, 2.05) is 6.20 Å². The van der Waals surface area contributed by atoms with Gasteiger partial charge in [0, 0.05) is 32.6 Å². The van der Waals surface area contributed by atoms with Crippen molar-refractivity contribution in [2.24, 2.45) is 5.41 Å². The van der Waals surface area contributed by atoms with Gasteiger partial charge in [-0.2, -0.15) is 0 Å². The largest absolute Gasteiger partial charge is 0.383 e. The summed E-state index contributed by atoms with van der Waals surface area (Å²) in [6.07, 6.45) is 7.88. The van der Waals surface area contributed by atoms with Gasteiger partial charge in [-0.1, -0.05) is 13.8 Å². The summed E-state index contributed by atoms with van der Waals surface area (Å²) in [5.41, 5.74) is 0.488. The van der Waals surface area contributed by atoms with Gasteiger partial charge in [-0.25, -0.2) is 4.98 Å². The van der Waals surface area contributed by atoms with Crippen molar-refractivity contribution in [2.45, 2.75) is 46.2 Å². The molecule has 2 heterocycles. The molecule has 0 N–H and O–H groups in total. The standard InChI is InChI=1S/C15H27N3O/c1-4-15(2)6-5-8-17(13-15)12-14-16-7-9-18(14)10-11-19-3/h7,9H,4-6,8,10-13H2,1-3H3/t15-/m1/s1. The maximum Gasteiger partial charge on any atom is 0.122 e. The Balaban J connectivity index is 1.95. The first-order chi connectivity index (χ1) is 9.17. The van der Waals surface area contributed by atoms with Crippen molar-refractivity contribution in [2.75, 3.05) is 26.8 Å². The SMILES string of the molecule is CC[C@]1(C)CCCN(Cc2nccn2CCOC)C1. The fourth-order valence-corrected chi connectivity index (χ4v) is 2.94. The fourth-order valence-electron chi connectivity index (χ4n) is 2.94. The van der Waals surface area contributed by atoms with Crippen LogP contribution in [0.4, 0.5) is 0 Å². The Morgan fingerprint density at radius 2 is 2.32 bits per heavy atom.